The molecule has 2 amide bonds. The standard InChI is InChI=1S/C22H22FN5O3/c23-16-3-1-15(2-4-16)21-19(13-24-27-21)22(30)26-18-7-5-17(6-8-18)25-20(29)14-28-9-11-31-12-10-28/h1-8,13H,9-12,14H2,(H,24,27)(H,25,29)(H,26,30). The van der Waals surface area contributed by atoms with E-state index in [1.165, 1.54) is 18.3 Å². The van der Waals surface area contributed by atoms with Gasteiger partial charge in [-0.1, -0.05) is 0 Å². The van der Waals surface area contributed by atoms with E-state index in [9.17, 15) is 14.0 Å². The van der Waals surface area contributed by atoms with Gasteiger partial charge in [-0.3, -0.25) is 19.6 Å². The molecule has 2 aromatic carbocycles. The van der Waals surface area contributed by atoms with E-state index >= 15 is 0 Å². The zero-order chi connectivity index (χ0) is 21.6. The number of H-pyrrole nitrogens is 1. The van der Waals surface area contributed by atoms with E-state index in [1.807, 2.05) is 4.90 Å². The quantitative estimate of drug-likeness (QED) is 0.566. The van der Waals surface area contributed by atoms with Gasteiger partial charge in [-0.25, -0.2) is 4.39 Å². The Hall–Kier alpha value is -3.56. The number of ether oxygens (including phenoxy) is 1. The van der Waals surface area contributed by atoms with Crippen molar-refractivity contribution < 1.29 is 18.7 Å². The van der Waals surface area contributed by atoms with Crippen LogP contribution >= 0.6 is 0 Å². The Balaban J connectivity index is 1.36. The van der Waals surface area contributed by atoms with Gasteiger partial charge < -0.3 is 15.4 Å². The summed E-state index contributed by atoms with van der Waals surface area (Å²) in [6, 6.07) is 12.7. The Morgan fingerprint density at radius 3 is 2.32 bits per heavy atom. The third-order valence-corrected chi connectivity index (χ3v) is 4.91. The lowest BCUT2D eigenvalue weighted by Crippen LogP contribution is -2.41. The molecule has 2 heterocycles. The van der Waals surface area contributed by atoms with Gasteiger partial charge in [0.1, 0.15) is 5.82 Å². The van der Waals surface area contributed by atoms with Gasteiger partial charge in [0, 0.05) is 30.0 Å². The SMILES string of the molecule is O=C(CN1CCOCC1)Nc1ccc(NC(=O)c2cn[nH]c2-c2ccc(F)cc2)cc1. The first-order valence-corrected chi connectivity index (χ1v) is 9.89. The molecule has 1 aromatic heterocycles. The highest BCUT2D eigenvalue weighted by atomic mass is 19.1. The number of hydrogen-bond donors (Lipinski definition) is 3. The third kappa shape index (κ3) is 5.33. The second kappa shape index (κ2) is 9.50. The molecule has 31 heavy (non-hydrogen) atoms. The Kier molecular flexibility index (Phi) is 6.34. The molecule has 0 radical (unpaired) electrons. The van der Waals surface area contributed by atoms with Gasteiger partial charge in [-0.2, -0.15) is 5.10 Å². The molecule has 1 fully saturated rings. The largest absolute Gasteiger partial charge is 0.379 e. The number of carbonyl (C=O) groups is 2. The fourth-order valence-corrected chi connectivity index (χ4v) is 3.29. The summed E-state index contributed by atoms with van der Waals surface area (Å²) >= 11 is 0. The lowest BCUT2D eigenvalue weighted by molar-refractivity contribution is -0.118. The Bertz CT molecular complexity index is 1040. The topological polar surface area (TPSA) is 99.3 Å². The molecule has 1 aliphatic heterocycles. The van der Waals surface area contributed by atoms with E-state index in [0.717, 1.165) is 13.1 Å². The number of nitrogens with zero attached hydrogens (tertiary/aromatic N) is 2. The van der Waals surface area contributed by atoms with Gasteiger partial charge in [0.25, 0.3) is 5.91 Å². The maximum atomic E-state index is 13.2. The van der Waals surface area contributed by atoms with Crippen LogP contribution in [0.1, 0.15) is 10.4 Å². The molecule has 1 aliphatic rings. The summed E-state index contributed by atoms with van der Waals surface area (Å²) in [5.41, 5.74) is 2.72. The van der Waals surface area contributed by atoms with Crippen molar-refractivity contribution in [2.24, 2.45) is 0 Å². The molecule has 0 bridgehead atoms. The minimum Gasteiger partial charge on any atom is -0.379 e. The van der Waals surface area contributed by atoms with Gasteiger partial charge in [0.15, 0.2) is 0 Å². The van der Waals surface area contributed by atoms with Crippen molar-refractivity contribution >= 4 is 23.2 Å². The average molecular weight is 423 g/mol. The molecule has 4 rings (SSSR count). The Morgan fingerprint density at radius 2 is 1.65 bits per heavy atom. The highest BCUT2D eigenvalue weighted by Crippen LogP contribution is 2.23. The van der Waals surface area contributed by atoms with Crippen molar-refractivity contribution in [2.75, 3.05) is 43.5 Å². The molecular weight excluding hydrogens is 401 g/mol. The number of morpholine rings is 1. The zero-order valence-electron chi connectivity index (χ0n) is 16.7. The van der Waals surface area contributed by atoms with Gasteiger partial charge >= 0.3 is 0 Å². The molecule has 0 saturated carbocycles. The van der Waals surface area contributed by atoms with Crippen LogP contribution in [0, 0.1) is 5.82 Å². The van der Waals surface area contributed by atoms with Gasteiger partial charge in [0.2, 0.25) is 5.91 Å². The predicted molar refractivity (Wildman–Crippen MR) is 114 cm³/mol. The maximum Gasteiger partial charge on any atom is 0.259 e. The van der Waals surface area contributed by atoms with Crippen LogP contribution in [0.2, 0.25) is 0 Å². The number of halogens is 1. The van der Waals surface area contributed by atoms with Crippen LogP contribution in [0.4, 0.5) is 15.8 Å². The van der Waals surface area contributed by atoms with Gasteiger partial charge in [-0.15, -0.1) is 0 Å². The maximum absolute atomic E-state index is 13.2. The summed E-state index contributed by atoms with van der Waals surface area (Å²) in [6.45, 7) is 3.08. The highest BCUT2D eigenvalue weighted by Gasteiger charge is 2.16. The second-order valence-corrected chi connectivity index (χ2v) is 7.13. The fraction of sp³-hybridized carbons (Fsp3) is 0.227. The number of benzene rings is 2. The molecule has 0 atom stereocenters. The first-order valence-electron chi connectivity index (χ1n) is 9.89. The minimum absolute atomic E-state index is 0.0963. The summed E-state index contributed by atoms with van der Waals surface area (Å²) in [6.07, 6.45) is 1.42. The number of aromatic amines is 1. The summed E-state index contributed by atoms with van der Waals surface area (Å²) in [5.74, 6) is -0.801. The van der Waals surface area contributed by atoms with Crippen molar-refractivity contribution in [3.8, 4) is 11.3 Å². The van der Waals surface area contributed by atoms with Crippen LogP contribution in [0.5, 0.6) is 0 Å². The van der Waals surface area contributed by atoms with Gasteiger partial charge in [-0.05, 0) is 48.5 Å². The van der Waals surface area contributed by atoms with Crippen molar-refractivity contribution in [1.29, 1.82) is 0 Å². The van der Waals surface area contributed by atoms with Crippen molar-refractivity contribution in [3.05, 3.63) is 66.1 Å². The Morgan fingerprint density at radius 1 is 1.00 bits per heavy atom. The number of aromatic nitrogens is 2. The van der Waals surface area contributed by atoms with Crippen LogP contribution in [0.3, 0.4) is 0 Å². The molecule has 0 aliphatic carbocycles. The molecule has 1 saturated heterocycles. The molecule has 0 unspecified atom stereocenters. The van der Waals surface area contributed by atoms with Crippen molar-refractivity contribution in [2.45, 2.75) is 0 Å². The molecule has 160 valence electrons. The smallest absolute Gasteiger partial charge is 0.259 e. The van der Waals surface area contributed by atoms with E-state index in [2.05, 4.69) is 20.8 Å². The zero-order valence-corrected chi connectivity index (χ0v) is 16.7. The normalized spacial score (nSPS) is 14.2. The van der Waals surface area contributed by atoms with Crippen molar-refractivity contribution in [1.82, 2.24) is 15.1 Å². The lowest BCUT2D eigenvalue weighted by Gasteiger charge is -2.25. The van der Waals surface area contributed by atoms with Crippen LogP contribution < -0.4 is 10.6 Å². The van der Waals surface area contributed by atoms with Crippen LogP contribution in [0.15, 0.2) is 54.7 Å². The number of amides is 2. The highest BCUT2D eigenvalue weighted by molar-refractivity contribution is 6.08. The third-order valence-electron chi connectivity index (χ3n) is 4.91. The van der Waals surface area contributed by atoms with Crippen molar-refractivity contribution in [3.63, 3.8) is 0 Å². The Labute approximate surface area is 178 Å². The molecule has 0 spiro atoms. The second-order valence-electron chi connectivity index (χ2n) is 7.13. The van der Waals surface area contributed by atoms with E-state index in [4.69, 9.17) is 4.74 Å². The van der Waals surface area contributed by atoms with Crippen LogP contribution in [0.25, 0.3) is 11.3 Å². The summed E-state index contributed by atoms with van der Waals surface area (Å²) < 4.78 is 18.4. The average Bonchev–Trinajstić information content (AvgIpc) is 3.26. The number of nitrogens with one attached hydrogen (secondary N) is 3. The first-order chi connectivity index (χ1) is 15.1. The molecular formula is C22H22FN5O3. The predicted octanol–water partition coefficient (Wildman–Crippen LogP) is 2.74. The summed E-state index contributed by atoms with van der Waals surface area (Å²) in [7, 11) is 0. The number of carbonyl (C=O) groups excluding carboxylic acids is 2. The minimum atomic E-state index is -0.355. The fourth-order valence-electron chi connectivity index (χ4n) is 3.29. The van der Waals surface area contributed by atoms with E-state index < -0.39 is 0 Å². The molecule has 9 heteroatoms. The monoisotopic (exact) mass is 423 g/mol. The summed E-state index contributed by atoms with van der Waals surface area (Å²) in [4.78, 5) is 26.9. The van der Waals surface area contributed by atoms with Crippen LogP contribution in [-0.4, -0.2) is 59.8 Å². The number of rotatable bonds is 6. The number of anilines is 2. The van der Waals surface area contributed by atoms with E-state index in [0.29, 0.717) is 48.0 Å². The molecule has 3 aromatic rings. The number of hydrogen-bond acceptors (Lipinski definition) is 5. The van der Waals surface area contributed by atoms with Crippen LogP contribution in [-0.2, 0) is 9.53 Å². The molecule has 8 nitrogen and oxygen atoms in total. The van der Waals surface area contributed by atoms with Gasteiger partial charge in [0.05, 0.1) is 37.2 Å². The molecule has 3 N–H and O–H groups in total. The van der Waals surface area contributed by atoms with E-state index in [1.54, 1.807) is 36.4 Å². The summed E-state index contributed by atoms with van der Waals surface area (Å²) in [5, 5.41) is 12.4. The van der Waals surface area contributed by atoms with E-state index in [-0.39, 0.29) is 17.6 Å². The lowest BCUT2D eigenvalue weighted by atomic mass is 10.1. The first kappa shape index (κ1) is 20.7.